The Balaban J connectivity index is 1.75. The first-order chi connectivity index (χ1) is 12.3. The van der Waals surface area contributed by atoms with Crippen molar-refractivity contribution in [3.8, 4) is 0 Å². The molecule has 2 saturated heterocycles. The molecule has 0 saturated carbocycles. The highest BCUT2D eigenvalue weighted by Gasteiger charge is 2.49. The predicted molar refractivity (Wildman–Crippen MR) is 98.6 cm³/mol. The van der Waals surface area contributed by atoms with Gasteiger partial charge in [0, 0.05) is 13.1 Å². The maximum absolute atomic E-state index is 12.9. The molecule has 1 atom stereocenters. The highest BCUT2D eigenvalue weighted by Crippen LogP contribution is 2.30. The van der Waals surface area contributed by atoms with E-state index in [4.69, 9.17) is 0 Å². The van der Waals surface area contributed by atoms with Crippen molar-refractivity contribution in [1.82, 2.24) is 15.1 Å². The molecule has 0 spiro atoms. The summed E-state index contributed by atoms with van der Waals surface area (Å²) >= 11 is 0. The standard InChI is InChI=1S/C20H27N3O3/c1-14(2)15-7-9-16(10-8-15)20(3)18(25)23(19(26)21-20)13-17(24)22-11-5-4-6-12-22/h7-10,14H,4-6,11-13H2,1-3H3,(H,21,26)/t20-/m0/s1. The summed E-state index contributed by atoms with van der Waals surface area (Å²) in [4.78, 5) is 40.6. The molecule has 2 fully saturated rings. The molecule has 0 aromatic heterocycles. The topological polar surface area (TPSA) is 69.7 Å². The van der Waals surface area contributed by atoms with Gasteiger partial charge in [-0.3, -0.25) is 14.5 Å². The van der Waals surface area contributed by atoms with Crippen LogP contribution in [0, 0.1) is 0 Å². The van der Waals surface area contributed by atoms with Crippen molar-refractivity contribution in [1.29, 1.82) is 0 Å². The number of urea groups is 1. The summed E-state index contributed by atoms with van der Waals surface area (Å²) in [5.74, 6) is -0.137. The van der Waals surface area contributed by atoms with Gasteiger partial charge in [-0.2, -0.15) is 0 Å². The van der Waals surface area contributed by atoms with Gasteiger partial charge in [0.2, 0.25) is 5.91 Å². The van der Waals surface area contributed by atoms with Crippen molar-refractivity contribution in [3.05, 3.63) is 35.4 Å². The van der Waals surface area contributed by atoms with Gasteiger partial charge in [0.05, 0.1) is 0 Å². The van der Waals surface area contributed by atoms with Gasteiger partial charge in [-0.25, -0.2) is 4.79 Å². The number of likely N-dealkylation sites (tertiary alicyclic amines) is 1. The third-order valence-electron chi connectivity index (χ3n) is 5.43. The van der Waals surface area contributed by atoms with Crippen LogP contribution in [0.3, 0.4) is 0 Å². The van der Waals surface area contributed by atoms with Gasteiger partial charge in [0.25, 0.3) is 5.91 Å². The van der Waals surface area contributed by atoms with Crippen molar-refractivity contribution in [2.45, 2.75) is 51.5 Å². The van der Waals surface area contributed by atoms with Crippen LogP contribution in [-0.4, -0.2) is 47.3 Å². The summed E-state index contributed by atoms with van der Waals surface area (Å²) in [5, 5.41) is 2.77. The van der Waals surface area contributed by atoms with E-state index in [9.17, 15) is 14.4 Å². The van der Waals surface area contributed by atoms with Crippen LogP contribution < -0.4 is 5.32 Å². The summed E-state index contributed by atoms with van der Waals surface area (Å²) in [6.07, 6.45) is 3.08. The molecule has 0 aliphatic carbocycles. The van der Waals surface area contributed by atoms with E-state index in [-0.39, 0.29) is 18.4 Å². The molecule has 6 nitrogen and oxygen atoms in total. The lowest BCUT2D eigenvalue weighted by Crippen LogP contribution is -2.45. The average molecular weight is 357 g/mol. The Bertz CT molecular complexity index is 708. The second-order valence-corrected chi connectivity index (χ2v) is 7.66. The Morgan fingerprint density at radius 3 is 2.31 bits per heavy atom. The van der Waals surface area contributed by atoms with Crippen molar-refractivity contribution >= 4 is 17.8 Å². The maximum Gasteiger partial charge on any atom is 0.325 e. The Labute approximate surface area is 154 Å². The second-order valence-electron chi connectivity index (χ2n) is 7.66. The molecular weight excluding hydrogens is 330 g/mol. The molecule has 6 heteroatoms. The molecule has 1 aromatic rings. The van der Waals surface area contributed by atoms with Gasteiger partial charge in [-0.15, -0.1) is 0 Å². The number of carbonyl (C=O) groups excluding carboxylic acids is 3. The number of carbonyl (C=O) groups is 3. The minimum Gasteiger partial charge on any atom is -0.341 e. The fourth-order valence-corrected chi connectivity index (χ4v) is 3.62. The van der Waals surface area contributed by atoms with Crippen molar-refractivity contribution < 1.29 is 14.4 Å². The number of piperidine rings is 1. The maximum atomic E-state index is 12.9. The Morgan fingerprint density at radius 2 is 1.73 bits per heavy atom. The first-order valence-electron chi connectivity index (χ1n) is 9.35. The van der Waals surface area contributed by atoms with Gasteiger partial charge < -0.3 is 10.2 Å². The molecule has 2 heterocycles. The monoisotopic (exact) mass is 357 g/mol. The summed E-state index contributed by atoms with van der Waals surface area (Å²) in [6.45, 7) is 7.13. The number of benzene rings is 1. The quantitative estimate of drug-likeness (QED) is 0.842. The van der Waals surface area contributed by atoms with Crippen LogP contribution >= 0.6 is 0 Å². The molecule has 0 radical (unpaired) electrons. The van der Waals surface area contributed by atoms with Crippen LogP contribution in [0.1, 0.15) is 57.1 Å². The van der Waals surface area contributed by atoms with E-state index in [1.54, 1.807) is 11.8 Å². The lowest BCUT2D eigenvalue weighted by atomic mass is 9.90. The van der Waals surface area contributed by atoms with Crippen LogP contribution in [0.25, 0.3) is 0 Å². The number of nitrogens with one attached hydrogen (secondary N) is 1. The lowest BCUT2D eigenvalue weighted by Gasteiger charge is -2.28. The highest BCUT2D eigenvalue weighted by molar-refractivity contribution is 6.09. The summed E-state index contributed by atoms with van der Waals surface area (Å²) in [6, 6.07) is 7.21. The summed E-state index contributed by atoms with van der Waals surface area (Å²) in [7, 11) is 0. The minimum absolute atomic E-state index is 0.160. The molecular formula is C20H27N3O3. The zero-order valence-electron chi connectivity index (χ0n) is 15.7. The van der Waals surface area contributed by atoms with E-state index in [0.29, 0.717) is 19.0 Å². The zero-order valence-corrected chi connectivity index (χ0v) is 15.7. The number of amides is 4. The largest absolute Gasteiger partial charge is 0.341 e. The van der Waals surface area contributed by atoms with Crippen molar-refractivity contribution in [3.63, 3.8) is 0 Å². The van der Waals surface area contributed by atoms with Gasteiger partial charge in [-0.05, 0) is 43.2 Å². The van der Waals surface area contributed by atoms with Crippen LogP contribution in [0.5, 0.6) is 0 Å². The Kier molecular flexibility index (Phi) is 5.03. The number of imide groups is 1. The average Bonchev–Trinajstić information content (AvgIpc) is 2.86. The first-order valence-corrected chi connectivity index (χ1v) is 9.35. The first kappa shape index (κ1) is 18.4. The third-order valence-corrected chi connectivity index (χ3v) is 5.43. The fraction of sp³-hybridized carbons (Fsp3) is 0.550. The smallest absolute Gasteiger partial charge is 0.325 e. The lowest BCUT2D eigenvalue weighted by molar-refractivity contribution is -0.139. The molecule has 1 aromatic carbocycles. The van der Waals surface area contributed by atoms with Gasteiger partial charge >= 0.3 is 6.03 Å². The number of hydrogen-bond acceptors (Lipinski definition) is 3. The zero-order chi connectivity index (χ0) is 18.9. The SMILES string of the molecule is CC(C)c1ccc([C@]2(C)NC(=O)N(CC(=O)N3CCCCC3)C2=O)cc1. The minimum atomic E-state index is -1.13. The fourth-order valence-electron chi connectivity index (χ4n) is 3.62. The van der Waals surface area contributed by atoms with Crippen LogP contribution in [0.2, 0.25) is 0 Å². The number of rotatable bonds is 4. The van der Waals surface area contributed by atoms with E-state index in [2.05, 4.69) is 19.2 Å². The van der Waals surface area contributed by atoms with Crippen LogP contribution in [0.4, 0.5) is 4.79 Å². The molecule has 2 aliphatic heterocycles. The Morgan fingerprint density at radius 1 is 1.12 bits per heavy atom. The van der Waals surface area contributed by atoms with Crippen molar-refractivity contribution in [2.75, 3.05) is 19.6 Å². The number of nitrogens with zero attached hydrogens (tertiary/aromatic N) is 2. The molecule has 2 aliphatic rings. The highest BCUT2D eigenvalue weighted by atomic mass is 16.2. The van der Waals surface area contributed by atoms with Gasteiger partial charge in [-0.1, -0.05) is 38.1 Å². The molecule has 140 valence electrons. The molecule has 26 heavy (non-hydrogen) atoms. The molecule has 0 bridgehead atoms. The number of hydrogen-bond donors (Lipinski definition) is 1. The molecule has 1 N–H and O–H groups in total. The van der Waals surface area contributed by atoms with Gasteiger partial charge in [0.15, 0.2) is 0 Å². The Hall–Kier alpha value is -2.37. The summed E-state index contributed by atoms with van der Waals surface area (Å²) < 4.78 is 0. The molecule has 0 unspecified atom stereocenters. The van der Waals surface area contributed by atoms with E-state index >= 15 is 0 Å². The molecule has 4 amide bonds. The normalized spacial score (nSPS) is 23.5. The summed E-state index contributed by atoms with van der Waals surface area (Å²) in [5.41, 5.74) is 0.772. The van der Waals surface area contributed by atoms with Crippen molar-refractivity contribution in [2.24, 2.45) is 0 Å². The van der Waals surface area contributed by atoms with E-state index in [0.717, 1.165) is 29.7 Å². The van der Waals surface area contributed by atoms with E-state index in [1.807, 2.05) is 24.3 Å². The van der Waals surface area contributed by atoms with E-state index < -0.39 is 11.6 Å². The second kappa shape index (κ2) is 7.09. The van der Waals surface area contributed by atoms with Crippen LogP contribution in [0.15, 0.2) is 24.3 Å². The van der Waals surface area contributed by atoms with E-state index in [1.165, 1.54) is 5.56 Å². The third kappa shape index (κ3) is 3.32. The predicted octanol–water partition coefficient (Wildman–Crippen LogP) is 2.59. The molecule has 3 rings (SSSR count). The van der Waals surface area contributed by atoms with Crippen LogP contribution in [-0.2, 0) is 15.1 Å². The van der Waals surface area contributed by atoms with Gasteiger partial charge in [0.1, 0.15) is 12.1 Å².